The lowest BCUT2D eigenvalue weighted by atomic mass is 9.88. The number of hydrogen-bond donors (Lipinski definition) is 1. The summed E-state index contributed by atoms with van der Waals surface area (Å²) in [5, 5.41) is 10.4. The van der Waals surface area contributed by atoms with Crippen LogP contribution in [0.2, 0.25) is 0 Å². The van der Waals surface area contributed by atoms with Crippen LogP contribution in [0.5, 0.6) is 0 Å². The molecule has 16 heavy (non-hydrogen) atoms. The summed E-state index contributed by atoms with van der Waals surface area (Å²) in [5.41, 5.74) is 0.120. The molecule has 0 bridgehead atoms. The molecule has 94 valence electrons. The number of rotatable bonds is 4. The molecule has 0 saturated heterocycles. The van der Waals surface area contributed by atoms with Crippen molar-refractivity contribution in [1.29, 1.82) is 0 Å². The summed E-state index contributed by atoms with van der Waals surface area (Å²) in [4.78, 5) is 2.60. The first-order valence-corrected chi connectivity index (χ1v) is 6.85. The molecule has 0 aromatic rings. The van der Waals surface area contributed by atoms with Crippen LogP contribution in [0.15, 0.2) is 0 Å². The van der Waals surface area contributed by atoms with Crippen molar-refractivity contribution in [2.75, 3.05) is 6.54 Å². The minimum absolute atomic E-state index is 0.120. The summed E-state index contributed by atoms with van der Waals surface area (Å²) in [5.74, 6) is 0.705. The van der Waals surface area contributed by atoms with Crippen molar-refractivity contribution in [3.05, 3.63) is 0 Å². The highest BCUT2D eigenvalue weighted by molar-refractivity contribution is 5.00. The lowest BCUT2D eigenvalue weighted by Crippen LogP contribution is -2.46. The van der Waals surface area contributed by atoms with Crippen molar-refractivity contribution in [3.8, 4) is 0 Å². The summed E-state index contributed by atoms with van der Waals surface area (Å²) in [7, 11) is 0. The summed E-state index contributed by atoms with van der Waals surface area (Å²) in [6.07, 6.45) is 4.90. The SMILES string of the molecule is CC(C)CN(C1CC1)C1CCC(C)(C)C1O. The normalized spacial score (nSPS) is 33.9. The van der Waals surface area contributed by atoms with E-state index in [1.54, 1.807) is 0 Å². The second kappa shape index (κ2) is 4.30. The highest BCUT2D eigenvalue weighted by Gasteiger charge is 2.46. The summed E-state index contributed by atoms with van der Waals surface area (Å²) in [6.45, 7) is 10.1. The molecular weight excluding hydrogens is 198 g/mol. The van der Waals surface area contributed by atoms with E-state index in [0.29, 0.717) is 12.0 Å². The maximum atomic E-state index is 10.4. The van der Waals surface area contributed by atoms with Crippen LogP contribution >= 0.6 is 0 Å². The Morgan fingerprint density at radius 1 is 1.25 bits per heavy atom. The van der Waals surface area contributed by atoms with E-state index in [1.807, 2.05) is 0 Å². The molecule has 2 nitrogen and oxygen atoms in total. The maximum Gasteiger partial charge on any atom is 0.0746 e. The number of nitrogens with zero attached hydrogens (tertiary/aromatic N) is 1. The molecular formula is C14H27NO. The van der Waals surface area contributed by atoms with Crippen molar-refractivity contribution in [3.63, 3.8) is 0 Å². The second-order valence-corrected chi connectivity index (χ2v) is 6.86. The molecule has 0 radical (unpaired) electrons. The Morgan fingerprint density at radius 2 is 1.88 bits per heavy atom. The summed E-state index contributed by atoms with van der Waals surface area (Å²) in [6, 6.07) is 1.20. The monoisotopic (exact) mass is 225 g/mol. The second-order valence-electron chi connectivity index (χ2n) is 6.86. The van der Waals surface area contributed by atoms with Gasteiger partial charge in [0.2, 0.25) is 0 Å². The first-order chi connectivity index (χ1) is 7.42. The van der Waals surface area contributed by atoms with Crippen LogP contribution in [-0.2, 0) is 0 Å². The first-order valence-electron chi connectivity index (χ1n) is 6.85. The molecule has 2 atom stereocenters. The minimum Gasteiger partial charge on any atom is -0.391 e. The van der Waals surface area contributed by atoms with Crippen molar-refractivity contribution in [2.24, 2.45) is 11.3 Å². The topological polar surface area (TPSA) is 23.5 Å². The quantitative estimate of drug-likeness (QED) is 0.795. The molecule has 0 aromatic carbocycles. The molecule has 0 spiro atoms. The van der Waals surface area contributed by atoms with Gasteiger partial charge in [-0.15, -0.1) is 0 Å². The molecule has 2 rings (SSSR count). The fourth-order valence-electron chi connectivity index (χ4n) is 3.08. The van der Waals surface area contributed by atoms with Gasteiger partial charge in [0.05, 0.1) is 6.10 Å². The van der Waals surface area contributed by atoms with Crippen LogP contribution in [0.25, 0.3) is 0 Å². The van der Waals surface area contributed by atoms with E-state index in [1.165, 1.54) is 25.7 Å². The van der Waals surface area contributed by atoms with E-state index in [-0.39, 0.29) is 11.5 Å². The van der Waals surface area contributed by atoms with Gasteiger partial charge < -0.3 is 5.11 Å². The predicted octanol–water partition coefficient (Wildman–Crippen LogP) is 2.66. The van der Waals surface area contributed by atoms with Crippen molar-refractivity contribution >= 4 is 0 Å². The van der Waals surface area contributed by atoms with E-state index in [2.05, 4.69) is 32.6 Å². The molecule has 2 unspecified atom stereocenters. The van der Waals surface area contributed by atoms with Gasteiger partial charge in [-0.2, -0.15) is 0 Å². The van der Waals surface area contributed by atoms with Gasteiger partial charge in [-0.3, -0.25) is 4.90 Å². The molecule has 2 saturated carbocycles. The standard InChI is InChI=1S/C14H27NO/c1-10(2)9-15(11-5-6-11)12-7-8-14(3,4)13(12)16/h10-13,16H,5-9H2,1-4H3. The van der Waals surface area contributed by atoms with Gasteiger partial charge in [0.25, 0.3) is 0 Å². The fraction of sp³-hybridized carbons (Fsp3) is 1.00. The Morgan fingerprint density at radius 3 is 2.25 bits per heavy atom. The molecule has 1 N–H and O–H groups in total. The minimum atomic E-state index is -0.133. The number of hydrogen-bond acceptors (Lipinski definition) is 2. The summed E-state index contributed by atoms with van der Waals surface area (Å²) < 4.78 is 0. The average molecular weight is 225 g/mol. The van der Waals surface area contributed by atoms with Gasteiger partial charge in [0, 0.05) is 18.6 Å². The Kier molecular flexibility index (Phi) is 3.33. The van der Waals surface area contributed by atoms with Crippen LogP contribution in [0.3, 0.4) is 0 Å². The third-order valence-electron chi connectivity index (χ3n) is 4.27. The molecule has 2 heteroatoms. The average Bonchev–Trinajstić information content (AvgIpc) is 2.94. The van der Waals surface area contributed by atoms with E-state index in [4.69, 9.17) is 0 Å². The fourth-order valence-corrected chi connectivity index (χ4v) is 3.08. The zero-order chi connectivity index (χ0) is 11.9. The van der Waals surface area contributed by atoms with Crippen molar-refractivity contribution in [1.82, 2.24) is 4.90 Å². The third-order valence-corrected chi connectivity index (χ3v) is 4.27. The van der Waals surface area contributed by atoms with Crippen LogP contribution in [0, 0.1) is 11.3 Å². The zero-order valence-corrected chi connectivity index (χ0v) is 11.2. The third kappa shape index (κ3) is 2.43. The van der Waals surface area contributed by atoms with Crippen LogP contribution < -0.4 is 0 Å². The largest absolute Gasteiger partial charge is 0.391 e. The Labute approximate surface area is 100 Å². The first kappa shape index (κ1) is 12.4. The molecule has 2 aliphatic rings. The van der Waals surface area contributed by atoms with Crippen LogP contribution in [-0.4, -0.2) is 34.7 Å². The highest BCUT2D eigenvalue weighted by atomic mass is 16.3. The van der Waals surface area contributed by atoms with Gasteiger partial charge in [0.15, 0.2) is 0 Å². The van der Waals surface area contributed by atoms with Crippen molar-refractivity contribution in [2.45, 2.75) is 71.6 Å². The van der Waals surface area contributed by atoms with E-state index < -0.39 is 0 Å². The van der Waals surface area contributed by atoms with Gasteiger partial charge in [0.1, 0.15) is 0 Å². The van der Waals surface area contributed by atoms with Crippen LogP contribution in [0.1, 0.15) is 53.4 Å². The van der Waals surface area contributed by atoms with E-state index >= 15 is 0 Å². The molecule has 2 fully saturated rings. The van der Waals surface area contributed by atoms with Gasteiger partial charge in [-0.1, -0.05) is 27.7 Å². The molecule has 2 aliphatic carbocycles. The highest BCUT2D eigenvalue weighted by Crippen LogP contribution is 2.43. The number of aliphatic hydroxyl groups is 1. The van der Waals surface area contributed by atoms with Gasteiger partial charge in [-0.05, 0) is 37.0 Å². The summed E-state index contributed by atoms with van der Waals surface area (Å²) >= 11 is 0. The Balaban J connectivity index is 2.03. The van der Waals surface area contributed by atoms with E-state index in [9.17, 15) is 5.11 Å². The lowest BCUT2D eigenvalue weighted by Gasteiger charge is -2.35. The molecule has 0 heterocycles. The molecule has 0 amide bonds. The Bertz CT molecular complexity index is 245. The van der Waals surface area contributed by atoms with Gasteiger partial charge in [-0.25, -0.2) is 0 Å². The maximum absolute atomic E-state index is 10.4. The number of aliphatic hydroxyl groups excluding tert-OH is 1. The smallest absolute Gasteiger partial charge is 0.0746 e. The predicted molar refractivity (Wildman–Crippen MR) is 67.4 cm³/mol. The Hall–Kier alpha value is -0.0800. The van der Waals surface area contributed by atoms with Crippen molar-refractivity contribution < 1.29 is 5.11 Å². The lowest BCUT2D eigenvalue weighted by molar-refractivity contribution is 0.00752. The van der Waals surface area contributed by atoms with Gasteiger partial charge >= 0.3 is 0 Å². The van der Waals surface area contributed by atoms with Crippen LogP contribution in [0.4, 0.5) is 0 Å². The molecule has 0 aliphatic heterocycles. The molecule has 0 aromatic heterocycles. The zero-order valence-electron chi connectivity index (χ0n) is 11.2. The van der Waals surface area contributed by atoms with E-state index in [0.717, 1.165) is 12.6 Å².